The number of nitrogens with zero attached hydrogens (tertiary/aromatic N) is 4. The number of rotatable bonds is 3. The molecular formula is C19H27FN4O2. The van der Waals surface area contributed by atoms with Gasteiger partial charge in [0.15, 0.2) is 5.82 Å². The maximum atomic E-state index is 13.3. The fourth-order valence-corrected chi connectivity index (χ4v) is 4.94. The van der Waals surface area contributed by atoms with Crippen LogP contribution in [0, 0.1) is 11.2 Å². The molecule has 1 aliphatic carbocycles. The number of hydrogen-bond acceptors (Lipinski definition) is 5. The zero-order valence-electron chi connectivity index (χ0n) is 15.4. The highest BCUT2D eigenvalue weighted by atomic mass is 19.1. The number of aromatic nitrogens is 2. The molecular weight excluding hydrogens is 335 g/mol. The van der Waals surface area contributed by atoms with Gasteiger partial charge in [0, 0.05) is 32.8 Å². The van der Waals surface area contributed by atoms with Gasteiger partial charge in [-0.1, -0.05) is 0 Å². The quantitative estimate of drug-likeness (QED) is 0.826. The molecule has 2 saturated heterocycles. The lowest BCUT2D eigenvalue weighted by Crippen LogP contribution is -2.50. The second-order valence-corrected chi connectivity index (χ2v) is 7.92. The lowest BCUT2D eigenvalue weighted by molar-refractivity contribution is -0.139. The van der Waals surface area contributed by atoms with Crippen molar-refractivity contribution in [1.82, 2.24) is 14.9 Å². The third-order valence-corrected chi connectivity index (χ3v) is 6.43. The van der Waals surface area contributed by atoms with E-state index in [9.17, 15) is 9.18 Å². The van der Waals surface area contributed by atoms with Crippen LogP contribution in [0.3, 0.4) is 0 Å². The number of carbonyl (C=O) groups is 1. The van der Waals surface area contributed by atoms with Crippen molar-refractivity contribution >= 4 is 11.9 Å². The first-order chi connectivity index (χ1) is 12.6. The van der Waals surface area contributed by atoms with Crippen molar-refractivity contribution in [3.05, 3.63) is 18.2 Å². The molecule has 1 aromatic heterocycles. The largest absolute Gasteiger partial charge is 0.381 e. The fourth-order valence-electron chi connectivity index (χ4n) is 4.94. The molecule has 0 unspecified atom stereocenters. The zero-order chi connectivity index (χ0) is 18.1. The highest BCUT2D eigenvalue weighted by molar-refractivity contribution is 5.86. The van der Waals surface area contributed by atoms with Crippen molar-refractivity contribution in [1.29, 1.82) is 0 Å². The van der Waals surface area contributed by atoms with Crippen LogP contribution in [0.25, 0.3) is 0 Å². The number of carbonyl (C=O) groups excluding carboxylic acids is 1. The highest BCUT2D eigenvalue weighted by Crippen LogP contribution is 2.43. The topological polar surface area (TPSA) is 58.6 Å². The molecule has 2 aliphatic heterocycles. The molecule has 0 radical (unpaired) electrons. The van der Waals surface area contributed by atoms with Crippen molar-refractivity contribution in [3.63, 3.8) is 0 Å². The molecule has 1 spiro atoms. The van der Waals surface area contributed by atoms with Crippen LogP contribution in [0.1, 0.15) is 44.9 Å². The van der Waals surface area contributed by atoms with Gasteiger partial charge in [-0.05, 0) is 44.9 Å². The Labute approximate surface area is 153 Å². The molecule has 3 heterocycles. The molecule has 1 amide bonds. The van der Waals surface area contributed by atoms with Crippen LogP contribution in [0.4, 0.5) is 10.3 Å². The predicted octanol–water partition coefficient (Wildman–Crippen LogP) is 2.39. The molecule has 0 aromatic carbocycles. The third kappa shape index (κ3) is 3.17. The summed E-state index contributed by atoms with van der Waals surface area (Å²) in [6.45, 7) is 2.31. The molecule has 3 fully saturated rings. The van der Waals surface area contributed by atoms with E-state index < -0.39 is 5.82 Å². The van der Waals surface area contributed by atoms with Crippen LogP contribution in [0.15, 0.2) is 12.4 Å². The van der Waals surface area contributed by atoms with E-state index in [1.54, 1.807) is 7.11 Å². The van der Waals surface area contributed by atoms with E-state index in [-0.39, 0.29) is 5.41 Å². The van der Waals surface area contributed by atoms with E-state index >= 15 is 0 Å². The number of anilines is 1. The average molecular weight is 362 g/mol. The Balaban J connectivity index is 1.45. The first-order valence-electron chi connectivity index (χ1n) is 9.68. The third-order valence-electron chi connectivity index (χ3n) is 6.43. The second kappa shape index (κ2) is 7.10. The molecule has 1 aromatic rings. The van der Waals surface area contributed by atoms with Crippen molar-refractivity contribution < 1.29 is 13.9 Å². The molecule has 7 heteroatoms. The lowest BCUT2D eigenvalue weighted by atomic mass is 9.78. The zero-order valence-corrected chi connectivity index (χ0v) is 15.4. The van der Waals surface area contributed by atoms with Crippen molar-refractivity contribution in [2.24, 2.45) is 5.41 Å². The minimum absolute atomic E-state index is 0.296. The summed E-state index contributed by atoms with van der Waals surface area (Å²) < 4.78 is 18.6. The summed E-state index contributed by atoms with van der Waals surface area (Å²) in [5.74, 6) is 0.387. The highest BCUT2D eigenvalue weighted by Gasteiger charge is 2.51. The van der Waals surface area contributed by atoms with Gasteiger partial charge < -0.3 is 14.5 Å². The van der Waals surface area contributed by atoms with Gasteiger partial charge in [-0.3, -0.25) is 4.79 Å². The molecule has 1 atom stereocenters. The maximum Gasteiger partial charge on any atom is 0.230 e. The number of likely N-dealkylation sites (tertiary alicyclic amines) is 1. The monoisotopic (exact) mass is 362 g/mol. The maximum absolute atomic E-state index is 13.3. The van der Waals surface area contributed by atoms with E-state index in [0.29, 0.717) is 30.5 Å². The fraction of sp³-hybridized carbons (Fsp3) is 0.737. The summed E-state index contributed by atoms with van der Waals surface area (Å²) in [6.07, 6.45) is 9.63. The number of hydrogen-bond donors (Lipinski definition) is 0. The van der Waals surface area contributed by atoms with Crippen LogP contribution in [0.5, 0.6) is 0 Å². The van der Waals surface area contributed by atoms with Gasteiger partial charge in [0.2, 0.25) is 11.9 Å². The van der Waals surface area contributed by atoms with Crippen molar-refractivity contribution in [2.75, 3.05) is 31.6 Å². The number of ether oxygens (including phenoxy) is 1. The number of halogens is 1. The van der Waals surface area contributed by atoms with Crippen molar-refractivity contribution in [3.8, 4) is 0 Å². The Bertz CT molecular complexity index is 647. The van der Waals surface area contributed by atoms with Gasteiger partial charge in [-0.15, -0.1) is 0 Å². The number of amides is 1. The van der Waals surface area contributed by atoms with Crippen LogP contribution in [0.2, 0.25) is 0 Å². The molecule has 26 heavy (non-hydrogen) atoms. The first-order valence-corrected chi connectivity index (χ1v) is 9.68. The molecule has 0 bridgehead atoms. The Kier molecular flexibility index (Phi) is 4.82. The molecule has 3 aliphatic rings. The van der Waals surface area contributed by atoms with E-state index in [4.69, 9.17) is 4.74 Å². The van der Waals surface area contributed by atoms with E-state index in [1.165, 1.54) is 12.4 Å². The minimum Gasteiger partial charge on any atom is -0.381 e. The van der Waals surface area contributed by atoms with E-state index in [0.717, 1.165) is 58.0 Å². The van der Waals surface area contributed by atoms with E-state index in [1.807, 2.05) is 4.90 Å². The smallest absolute Gasteiger partial charge is 0.230 e. The summed E-state index contributed by atoms with van der Waals surface area (Å²) in [5, 5.41) is 0. The Morgan fingerprint density at radius 2 is 1.88 bits per heavy atom. The normalized spacial score (nSPS) is 32.5. The second-order valence-electron chi connectivity index (χ2n) is 7.92. The van der Waals surface area contributed by atoms with Gasteiger partial charge in [0.05, 0.1) is 23.9 Å². The van der Waals surface area contributed by atoms with Gasteiger partial charge in [0.1, 0.15) is 0 Å². The Hall–Kier alpha value is -1.76. The number of piperidine rings is 1. The summed E-state index contributed by atoms with van der Waals surface area (Å²) in [5.41, 5.74) is -0.325. The van der Waals surface area contributed by atoms with Crippen molar-refractivity contribution in [2.45, 2.75) is 57.1 Å². The predicted molar refractivity (Wildman–Crippen MR) is 95.3 cm³/mol. The Morgan fingerprint density at radius 3 is 2.58 bits per heavy atom. The summed E-state index contributed by atoms with van der Waals surface area (Å²) >= 11 is 0. The van der Waals surface area contributed by atoms with Gasteiger partial charge in [-0.25, -0.2) is 14.4 Å². The molecule has 4 rings (SSSR count). The van der Waals surface area contributed by atoms with Gasteiger partial charge >= 0.3 is 0 Å². The number of methoxy groups -OCH3 is 1. The molecule has 6 nitrogen and oxygen atoms in total. The molecule has 1 saturated carbocycles. The average Bonchev–Trinajstić information content (AvgIpc) is 2.98. The van der Waals surface area contributed by atoms with E-state index in [2.05, 4.69) is 14.9 Å². The van der Waals surface area contributed by atoms with Crippen LogP contribution < -0.4 is 4.90 Å². The summed E-state index contributed by atoms with van der Waals surface area (Å²) in [7, 11) is 1.77. The van der Waals surface area contributed by atoms with Crippen LogP contribution in [-0.2, 0) is 9.53 Å². The van der Waals surface area contributed by atoms with Gasteiger partial charge in [-0.2, -0.15) is 0 Å². The lowest BCUT2D eigenvalue weighted by Gasteiger charge is -2.40. The Morgan fingerprint density at radius 1 is 1.15 bits per heavy atom. The van der Waals surface area contributed by atoms with Crippen LogP contribution >= 0.6 is 0 Å². The van der Waals surface area contributed by atoms with Gasteiger partial charge in [0.25, 0.3) is 0 Å². The van der Waals surface area contributed by atoms with Crippen LogP contribution in [-0.4, -0.2) is 59.7 Å². The first kappa shape index (κ1) is 17.6. The minimum atomic E-state index is -0.435. The molecule has 142 valence electrons. The SMILES string of the molecule is COC1CCC(N2CC[C@@]3(CCCN(c4ncc(F)cn4)C3)C2=O)CC1. The standard InChI is InChI=1S/C19H27FN4O2/c1-26-16-5-3-15(4-6-16)24-10-8-19(17(24)25)7-2-9-23(13-19)18-21-11-14(20)12-22-18/h11-12,15-16H,2-10,13H2,1H3/t15?,16?,19-/m1/s1. The summed E-state index contributed by atoms with van der Waals surface area (Å²) in [6, 6.07) is 0.353. The summed E-state index contributed by atoms with van der Waals surface area (Å²) in [4.78, 5) is 25.7. The molecule has 0 N–H and O–H groups in total.